The molecule has 1 aromatic carbocycles. The summed E-state index contributed by atoms with van der Waals surface area (Å²) in [6.45, 7) is 0. The zero-order valence-electron chi connectivity index (χ0n) is 9.29. The summed E-state index contributed by atoms with van der Waals surface area (Å²) in [4.78, 5) is 0. The number of phenolic OH excluding ortho intramolecular Hbond substituents is 1. The van der Waals surface area contributed by atoms with E-state index in [1.165, 1.54) is 0 Å². The molecule has 1 aliphatic carbocycles. The van der Waals surface area contributed by atoms with Crippen molar-refractivity contribution in [1.29, 1.82) is 0 Å². The average Bonchev–Trinajstić information content (AvgIpc) is 2.98. The van der Waals surface area contributed by atoms with Crippen molar-refractivity contribution < 1.29 is 9.84 Å². The predicted octanol–water partition coefficient (Wildman–Crippen LogP) is 2.59. The maximum atomic E-state index is 9.94. The van der Waals surface area contributed by atoms with Gasteiger partial charge in [0.1, 0.15) is 0 Å². The summed E-state index contributed by atoms with van der Waals surface area (Å²) in [6, 6.07) is 3.68. The number of hydrogen-bond acceptors (Lipinski definition) is 3. The molecular formula is C12H16BrNO2. The van der Waals surface area contributed by atoms with Gasteiger partial charge in [0.25, 0.3) is 0 Å². The summed E-state index contributed by atoms with van der Waals surface area (Å²) in [5, 5.41) is 9.94. The van der Waals surface area contributed by atoms with E-state index in [-0.39, 0.29) is 11.3 Å². The van der Waals surface area contributed by atoms with E-state index >= 15 is 0 Å². The van der Waals surface area contributed by atoms with Crippen LogP contribution >= 0.6 is 15.9 Å². The first-order valence-corrected chi connectivity index (χ1v) is 6.18. The Morgan fingerprint density at radius 1 is 1.50 bits per heavy atom. The van der Waals surface area contributed by atoms with E-state index in [1.54, 1.807) is 13.2 Å². The molecular weight excluding hydrogens is 270 g/mol. The van der Waals surface area contributed by atoms with Gasteiger partial charge in [-0.05, 0) is 43.4 Å². The first kappa shape index (κ1) is 11.7. The van der Waals surface area contributed by atoms with Crippen LogP contribution in [0, 0.1) is 0 Å². The molecule has 0 spiro atoms. The summed E-state index contributed by atoms with van der Waals surface area (Å²) in [5.41, 5.74) is 6.94. The number of aryl methyl sites for hydroxylation is 1. The minimum Gasteiger partial charge on any atom is -0.504 e. The van der Waals surface area contributed by atoms with Crippen LogP contribution in [-0.2, 0) is 6.42 Å². The normalized spacial score (nSPS) is 17.2. The minimum atomic E-state index is 0.0159. The second-order valence-corrected chi connectivity index (χ2v) is 5.39. The van der Waals surface area contributed by atoms with Crippen LogP contribution in [0.4, 0.5) is 0 Å². The summed E-state index contributed by atoms with van der Waals surface area (Å²) < 4.78 is 6.02. The molecule has 0 bridgehead atoms. The van der Waals surface area contributed by atoms with Gasteiger partial charge < -0.3 is 15.6 Å². The topological polar surface area (TPSA) is 55.5 Å². The highest BCUT2D eigenvalue weighted by atomic mass is 79.9. The number of benzene rings is 1. The number of ether oxygens (including phenoxy) is 1. The number of phenols is 1. The van der Waals surface area contributed by atoms with Crippen LogP contribution in [-0.4, -0.2) is 17.8 Å². The molecule has 0 aromatic heterocycles. The van der Waals surface area contributed by atoms with Crippen molar-refractivity contribution in [2.75, 3.05) is 7.11 Å². The fourth-order valence-corrected chi connectivity index (χ4v) is 2.25. The Morgan fingerprint density at radius 3 is 2.75 bits per heavy atom. The molecule has 0 atom stereocenters. The molecule has 3 N–H and O–H groups in total. The lowest BCUT2D eigenvalue weighted by Gasteiger charge is -2.12. The van der Waals surface area contributed by atoms with Gasteiger partial charge in [-0.2, -0.15) is 0 Å². The van der Waals surface area contributed by atoms with Gasteiger partial charge in [-0.15, -0.1) is 0 Å². The molecule has 0 unspecified atom stereocenters. The second-order valence-electron chi connectivity index (χ2n) is 4.48. The van der Waals surface area contributed by atoms with Crippen molar-refractivity contribution in [3.63, 3.8) is 0 Å². The first-order chi connectivity index (χ1) is 7.54. The molecule has 4 heteroatoms. The minimum absolute atomic E-state index is 0.0159. The van der Waals surface area contributed by atoms with Crippen LogP contribution in [0.3, 0.4) is 0 Å². The van der Waals surface area contributed by atoms with E-state index in [1.807, 2.05) is 6.07 Å². The fraction of sp³-hybridized carbons (Fsp3) is 0.500. The van der Waals surface area contributed by atoms with E-state index in [0.29, 0.717) is 5.75 Å². The summed E-state index contributed by atoms with van der Waals surface area (Å²) >= 11 is 3.40. The zero-order chi connectivity index (χ0) is 11.8. The highest BCUT2D eigenvalue weighted by Crippen LogP contribution is 2.39. The number of nitrogens with two attached hydrogens (primary N) is 1. The van der Waals surface area contributed by atoms with Gasteiger partial charge in [-0.25, -0.2) is 0 Å². The Labute approximate surface area is 104 Å². The van der Waals surface area contributed by atoms with E-state index in [9.17, 15) is 5.11 Å². The molecule has 88 valence electrons. The number of halogens is 1. The molecule has 0 radical (unpaired) electrons. The van der Waals surface area contributed by atoms with Crippen LogP contribution in [0.5, 0.6) is 11.5 Å². The van der Waals surface area contributed by atoms with E-state index in [4.69, 9.17) is 10.5 Å². The molecule has 0 aliphatic heterocycles. The van der Waals surface area contributed by atoms with Gasteiger partial charge in [0.15, 0.2) is 11.5 Å². The summed E-state index contributed by atoms with van der Waals surface area (Å²) in [7, 11) is 1.55. The summed E-state index contributed by atoms with van der Waals surface area (Å²) in [6.07, 6.45) is 3.90. The van der Waals surface area contributed by atoms with Gasteiger partial charge in [0.05, 0.1) is 7.11 Å². The van der Waals surface area contributed by atoms with Crippen molar-refractivity contribution in [2.45, 2.75) is 31.2 Å². The lowest BCUT2D eigenvalue weighted by atomic mass is 10.0. The maximum absolute atomic E-state index is 9.94. The highest BCUT2D eigenvalue weighted by Gasteiger charge is 2.37. The molecule has 2 rings (SSSR count). The number of hydrogen-bond donors (Lipinski definition) is 2. The fourth-order valence-electron chi connectivity index (χ4n) is 1.77. The van der Waals surface area contributed by atoms with Gasteiger partial charge in [-0.3, -0.25) is 0 Å². The van der Waals surface area contributed by atoms with Crippen molar-refractivity contribution >= 4 is 15.9 Å². The highest BCUT2D eigenvalue weighted by molar-refractivity contribution is 9.10. The molecule has 0 heterocycles. The van der Waals surface area contributed by atoms with Crippen LogP contribution in [0.15, 0.2) is 16.6 Å². The van der Waals surface area contributed by atoms with Crippen LogP contribution in [0.1, 0.15) is 24.8 Å². The second kappa shape index (κ2) is 4.26. The average molecular weight is 286 g/mol. The van der Waals surface area contributed by atoms with Gasteiger partial charge in [0, 0.05) is 10.0 Å². The van der Waals surface area contributed by atoms with Crippen LogP contribution in [0.25, 0.3) is 0 Å². The van der Waals surface area contributed by atoms with Crippen LogP contribution < -0.4 is 10.5 Å². The standard InChI is InChI=1S/C12H16BrNO2/c1-16-10-7-9(13)6-8(11(10)15)2-3-12(14)4-5-12/h6-7,15H,2-5,14H2,1H3. The molecule has 16 heavy (non-hydrogen) atoms. The molecule has 1 aliphatic rings. The maximum Gasteiger partial charge on any atom is 0.161 e. The predicted molar refractivity (Wildman–Crippen MR) is 66.8 cm³/mol. The lowest BCUT2D eigenvalue weighted by Crippen LogP contribution is -2.22. The Bertz CT molecular complexity index is 402. The molecule has 0 saturated heterocycles. The Kier molecular flexibility index (Phi) is 3.13. The summed E-state index contributed by atoms with van der Waals surface area (Å²) in [5.74, 6) is 0.737. The molecule has 1 aromatic rings. The number of methoxy groups -OCH3 is 1. The Balaban J connectivity index is 2.15. The smallest absolute Gasteiger partial charge is 0.161 e. The number of rotatable bonds is 4. The molecule has 3 nitrogen and oxygen atoms in total. The third-order valence-electron chi connectivity index (χ3n) is 3.12. The van der Waals surface area contributed by atoms with Crippen molar-refractivity contribution in [2.24, 2.45) is 5.73 Å². The lowest BCUT2D eigenvalue weighted by molar-refractivity contribution is 0.369. The molecule has 1 saturated carbocycles. The quantitative estimate of drug-likeness (QED) is 0.894. The Hall–Kier alpha value is -0.740. The first-order valence-electron chi connectivity index (χ1n) is 5.38. The largest absolute Gasteiger partial charge is 0.504 e. The SMILES string of the molecule is COc1cc(Br)cc(CCC2(N)CC2)c1O. The van der Waals surface area contributed by atoms with E-state index in [2.05, 4.69) is 15.9 Å². The molecule has 0 amide bonds. The van der Waals surface area contributed by atoms with E-state index in [0.717, 1.165) is 35.7 Å². The monoisotopic (exact) mass is 285 g/mol. The van der Waals surface area contributed by atoms with Crippen molar-refractivity contribution in [1.82, 2.24) is 0 Å². The van der Waals surface area contributed by atoms with Crippen LogP contribution in [0.2, 0.25) is 0 Å². The zero-order valence-corrected chi connectivity index (χ0v) is 10.9. The number of aromatic hydroxyl groups is 1. The van der Waals surface area contributed by atoms with Crippen molar-refractivity contribution in [3.8, 4) is 11.5 Å². The van der Waals surface area contributed by atoms with Crippen molar-refractivity contribution in [3.05, 3.63) is 22.2 Å². The van der Waals surface area contributed by atoms with E-state index < -0.39 is 0 Å². The van der Waals surface area contributed by atoms with Gasteiger partial charge >= 0.3 is 0 Å². The van der Waals surface area contributed by atoms with Gasteiger partial charge in [0.2, 0.25) is 0 Å². The Morgan fingerprint density at radius 2 is 2.19 bits per heavy atom. The third kappa shape index (κ3) is 2.50. The van der Waals surface area contributed by atoms with Gasteiger partial charge in [-0.1, -0.05) is 15.9 Å². The molecule has 1 fully saturated rings. The third-order valence-corrected chi connectivity index (χ3v) is 3.58.